The second kappa shape index (κ2) is 5.19. The quantitative estimate of drug-likeness (QED) is 0.767. The molecule has 0 aliphatic rings. The van der Waals surface area contributed by atoms with Gasteiger partial charge in [0, 0.05) is 22.2 Å². The standard InChI is InChI=1S/C15H15NS/c1-4-15(17-5-2)12-6-7-13-10-16-11(3)8-14(13)9-12/h4-10H,2H2,1,3H3/b15-4-. The lowest BCUT2D eigenvalue weighted by atomic mass is 10.1. The van der Waals surface area contributed by atoms with Crippen molar-refractivity contribution in [3.63, 3.8) is 0 Å². The molecule has 0 N–H and O–H groups in total. The summed E-state index contributed by atoms with van der Waals surface area (Å²) >= 11 is 1.65. The van der Waals surface area contributed by atoms with Crippen LogP contribution in [0.25, 0.3) is 15.7 Å². The number of benzene rings is 1. The van der Waals surface area contributed by atoms with Crippen molar-refractivity contribution in [3.8, 4) is 0 Å². The van der Waals surface area contributed by atoms with E-state index >= 15 is 0 Å². The van der Waals surface area contributed by atoms with E-state index in [9.17, 15) is 0 Å². The van der Waals surface area contributed by atoms with E-state index in [4.69, 9.17) is 0 Å². The SMILES string of the molecule is C=CS/C(=C\C)c1ccc2cnc(C)cc2c1. The van der Waals surface area contributed by atoms with Gasteiger partial charge in [0.1, 0.15) is 0 Å². The monoisotopic (exact) mass is 241 g/mol. The lowest BCUT2D eigenvalue weighted by Crippen LogP contribution is -1.84. The van der Waals surface area contributed by atoms with Crippen LogP contribution in [-0.2, 0) is 0 Å². The van der Waals surface area contributed by atoms with Crippen LogP contribution in [0.1, 0.15) is 18.2 Å². The molecule has 0 bridgehead atoms. The Hall–Kier alpha value is -1.54. The van der Waals surface area contributed by atoms with Crippen molar-refractivity contribution in [2.24, 2.45) is 0 Å². The average molecular weight is 241 g/mol. The Morgan fingerprint density at radius 2 is 2.12 bits per heavy atom. The lowest BCUT2D eigenvalue weighted by molar-refractivity contribution is 1.22. The van der Waals surface area contributed by atoms with E-state index < -0.39 is 0 Å². The Morgan fingerprint density at radius 3 is 2.82 bits per heavy atom. The van der Waals surface area contributed by atoms with E-state index in [-0.39, 0.29) is 0 Å². The van der Waals surface area contributed by atoms with Crippen molar-refractivity contribution >= 4 is 27.4 Å². The molecular weight excluding hydrogens is 226 g/mol. The average Bonchev–Trinajstić information content (AvgIpc) is 2.35. The fourth-order valence-electron chi connectivity index (χ4n) is 1.80. The number of pyridine rings is 1. The minimum Gasteiger partial charge on any atom is -0.261 e. The summed E-state index contributed by atoms with van der Waals surface area (Å²) in [6.07, 6.45) is 4.03. The Bertz CT molecular complexity index is 584. The van der Waals surface area contributed by atoms with Gasteiger partial charge in [-0.2, -0.15) is 0 Å². The maximum absolute atomic E-state index is 4.30. The van der Waals surface area contributed by atoms with E-state index in [2.05, 4.69) is 41.9 Å². The predicted octanol–water partition coefficient (Wildman–Crippen LogP) is 4.78. The van der Waals surface area contributed by atoms with Gasteiger partial charge in [-0.05, 0) is 42.3 Å². The van der Waals surface area contributed by atoms with Crippen LogP contribution in [0.15, 0.2) is 48.5 Å². The van der Waals surface area contributed by atoms with Crippen LogP contribution in [0.5, 0.6) is 0 Å². The number of aryl methyl sites for hydroxylation is 1. The summed E-state index contributed by atoms with van der Waals surface area (Å²) < 4.78 is 0. The summed E-state index contributed by atoms with van der Waals surface area (Å²) in [4.78, 5) is 5.54. The van der Waals surface area contributed by atoms with Gasteiger partial charge < -0.3 is 0 Å². The first-order chi connectivity index (χ1) is 8.24. The van der Waals surface area contributed by atoms with Gasteiger partial charge in [-0.3, -0.25) is 4.98 Å². The second-order valence-electron chi connectivity index (χ2n) is 3.83. The van der Waals surface area contributed by atoms with Crippen molar-refractivity contribution < 1.29 is 0 Å². The number of aromatic nitrogens is 1. The van der Waals surface area contributed by atoms with Gasteiger partial charge in [-0.15, -0.1) is 0 Å². The molecule has 86 valence electrons. The summed E-state index contributed by atoms with van der Waals surface area (Å²) in [6, 6.07) is 8.57. The molecule has 0 saturated heterocycles. The maximum atomic E-state index is 4.30. The largest absolute Gasteiger partial charge is 0.261 e. The van der Waals surface area contributed by atoms with Gasteiger partial charge in [-0.25, -0.2) is 0 Å². The molecule has 0 aliphatic carbocycles. The Kier molecular flexibility index (Phi) is 3.64. The highest BCUT2D eigenvalue weighted by Crippen LogP contribution is 2.30. The van der Waals surface area contributed by atoms with Crippen LogP contribution >= 0.6 is 11.8 Å². The predicted molar refractivity (Wildman–Crippen MR) is 77.9 cm³/mol. The molecular formula is C15H15NS. The molecule has 0 saturated carbocycles. The normalized spacial score (nSPS) is 11.8. The molecule has 0 amide bonds. The smallest absolute Gasteiger partial charge is 0.0379 e. The van der Waals surface area contributed by atoms with E-state index in [0.717, 1.165) is 5.69 Å². The van der Waals surface area contributed by atoms with Crippen LogP contribution in [0, 0.1) is 6.92 Å². The number of hydrogen-bond acceptors (Lipinski definition) is 2. The van der Waals surface area contributed by atoms with Crippen LogP contribution < -0.4 is 0 Å². The molecule has 2 rings (SSSR count). The van der Waals surface area contributed by atoms with Crippen molar-refractivity contribution in [2.75, 3.05) is 0 Å². The first kappa shape index (κ1) is 11.9. The Labute approximate surface area is 106 Å². The lowest BCUT2D eigenvalue weighted by Gasteiger charge is -2.06. The number of thioether (sulfide) groups is 1. The minimum atomic E-state index is 1.05. The van der Waals surface area contributed by atoms with E-state index in [1.807, 2.05) is 25.5 Å². The summed E-state index contributed by atoms with van der Waals surface area (Å²) in [6.45, 7) is 7.83. The second-order valence-corrected chi connectivity index (χ2v) is 4.83. The van der Waals surface area contributed by atoms with Crippen LogP contribution in [0.2, 0.25) is 0 Å². The molecule has 1 aromatic heterocycles. The van der Waals surface area contributed by atoms with E-state index in [1.54, 1.807) is 11.8 Å². The highest BCUT2D eigenvalue weighted by molar-refractivity contribution is 8.10. The van der Waals surface area contributed by atoms with Gasteiger partial charge in [0.05, 0.1) is 0 Å². The van der Waals surface area contributed by atoms with Crippen molar-refractivity contribution in [1.82, 2.24) is 4.98 Å². The summed E-state index contributed by atoms with van der Waals surface area (Å²) in [5.74, 6) is 0. The Balaban J connectivity index is 2.53. The van der Waals surface area contributed by atoms with Crippen molar-refractivity contribution in [2.45, 2.75) is 13.8 Å². The summed E-state index contributed by atoms with van der Waals surface area (Å²) in [5, 5.41) is 4.27. The van der Waals surface area contributed by atoms with E-state index in [1.165, 1.54) is 21.2 Å². The molecule has 0 spiro atoms. The van der Waals surface area contributed by atoms with Gasteiger partial charge in [0.25, 0.3) is 0 Å². The number of rotatable bonds is 3. The topological polar surface area (TPSA) is 12.9 Å². The molecule has 0 atom stereocenters. The molecule has 2 aromatic rings. The summed E-state index contributed by atoms with van der Waals surface area (Å²) in [5.41, 5.74) is 2.28. The van der Waals surface area contributed by atoms with Gasteiger partial charge in [-0.1, -0.05) is 36.5 Å². The maximum Gasteiger partial charge on any atom is 0.0379 e. The third-order valence-electron chi connectivity index (χ3n) is 2.62. The number of hydrogen-bond donors (Lipinski definition) is 0. The molecule has 1 heterocycles. The fraction of sp³-hybridized carbons (Fsp3) is 0.133. The molecule has 17 heavy (non-hydrogen) atoms. The summed E-state index contributed by atoms with van der Waals surface area (Å²) in [7, 11) is 0. The van der Waals surface area contributed by atoms with Gasteiger partial charge in [0.2, 0.25) is 0 Å². The molecule has 1 aromatic carbocycles. The molecule has 0 radical (unpaired) electrons. The van der Waals surface area contributed by atoms with E-state index in [0.29, 0.717) is 0 Å². The van der Waals surface area contributed by atoms with Crippen molar-refractivity contribution in [1.29, 1.82) is 0 Å². The third-order valence-corrected chi connectivity index (χ3v) is 3.51. The minimum absolute atomic E-state index is 1.05. The first-order valence-electron chi connectivity index (χ1n) is 5.55. The van der Waals surface area contributed by atoms with Crippen molar-refractivity contribution in [3.05, 3.63) is 59.8 Å². The zero-order valence-electron chi connectivity index (χ0n) is 10.1. The molecule has 0 fully saturated rings. The third kappa shape index (κ3) is 2.59. The number of allylic oxidation sites excluding steroid dienone is 1. The van der Waals surface area contributed by atoms with Crippen LogP contribution in [-0.4, -0.2) is 4.98 Å². The van der Waals surface area contributed by atoms with Crippen LogP contribution in [0.3, 0.4) is 0 Å². The van der Waals surface area contributed by atoms with Crippen LogP contribution in [0.4, 0.5) is 0 Å². The fourth-order valence-corrected chi connectivity index (χ4v) is 2.38. The number of fused-ring (bicyclic) bond motifs is 1. The first-order valence-corrected chi connectivity index (χ1v) is 6.43. The molecule has 0 aliphatic heterocycles. The number of nitrogens with zero attached hydrogens (tertiary/aromatic N) is 1. The van der Waals surface area contributed by atoms with Gasteiger partial charge in [0.15, 0.2) is 0 Å². The molecule has 0 unspecified atom stereocenters. The molecule has 2 heteroatoms. The van der Waals surface area contributed by atoms with Gasteiger partial charge >= 0.3 is 0 Å². The zero-order chi connectivity index (χ0) is 12.3. The molecule has 1 nitrogen and oxygen atoms in total. The highest BCUT2D eigenvalue weighted by Gasteiger charge is 2.02. The highest BCUT2D eigenvalue weighted by atomic mass is 32.2. The Morgan fingerprint density at radius 1 is 1.29 bits per heavy atom. The zero-order valence-corrected chi connectivity index (χ0v) is 10.9.